The predicted octanol–water partition coefficient (Wildman–Crippen LogP) is 1.37. The van der Waals surface area contributed by atoms with Crippen molar-refractivity contribution in [3.8, 4) is 0 Å². The summed E-state index contributed by atoms with van der Waals surface area (Å²) < 4.78 is 18.8. The van der Waals surface area contributed by atoms with Crippen LogP contribution in [0.1, 0.15) is 36.5 Å². The van der Waals surface area contributed by atoms with E-state index in [1.165, 1.54) is 29.2 Å². The number of halogens is 1. The molecule has 1 aliphatic rings. The Labute approximate surface area is 162 Å². The molecule has 1 heterocycles. The number of carbonyl (C=O) groups is 3. The molecule has 0 aliphatic carbocycles. The highest BCUT2D eigenvalue weighted by molar-refractivity contribution is 7.80. The largest absolute Gasteiger partial charge is 0.466 e. The monoisotopic (exact) mass is 395 g/mol. The molecule has 0 bridgehead atoms. The van der Waals surface area contributed by atoms with Crippen LogP contribution in [-0.2, 0) is 14.3 Å². The molecule has 0 radical (unpaired) electrons. The van der Waals surface area contributed by atoms with E-state index >= 15 is 0 Å². The van der Waals surface area contributed by atoms with Crippen LogP contribution in [0.3, 0.4) is 0 Å². The van der Waals surface area contributed by atoms with E-state index in [0.717, 1.165) is 12.8 Å². The summed E-state index contributed by atoms with van der Waals surface area (Å²) in [5.41, 5.74) is -0.156. The Bertz CT molecular complexity index is 728. The Morgan fingerprint density at radius 2 is 2.15 bits per heavy atom. The first-order valence-electron chi connectivity index (χ1n) is 8.73. The molecule has 0 aromatic heterocycles. The lowest BCUT2D eigenvalue weighted by Gasteiger charge is -2.36. The maximum atomic E-state index is 13.7. The third-order valence-corrected chi connectivity index (χ3v) is 4.39. The van der Waals surface area contributed by atoms with Gasteiger partial charge >= 0.3 is 5.97 Å². The van der Waals surface area contributed by atoms with Gasteiger partial charge in [-0.15, -0.1) is 0 Å². The van der Waals surface area contributed by atoms with Gasteiger partial charge < -0.3 is 15.0 Å². The summed E-state index contributed by atoms with van der Waals surface area (Å²) in [6.07, 6.45) is 1.43. The molecule has 2 N–H and O–H groups in total. The van der Waals surface area contributed by atoms with Crippen LogP contribution in [0.25, 0.3) is 0 Å². The molecule has 7 nitrogen and oxygen atoms in total. The molecule has 0 saturated carbocycles. The van der Waals surface area contributed by atoms with Gasteiger partial charge in [-0.3, -0.25) is 19.7 Å². The number of hydrogen-bond donors (Lipinski definition) is 2. The summed E-state index contributed by atoms with van der Waals surface area (Å²) in [4.78, 5) is 37.9. The second kappa shape index (κ2) is 9.96. The Balaban J connectivity index is 2.03. The van der Waals surface area contributed by atoms with Crippen molar-refractivity contribution in [2.45, 2.75) is 32.2 Å². The number of carbonyl (C=O) groups excluding carboxylic acids is 3. The number of ether oxygens (including phenoxy) is 1. The number of esters is 1. The maximum absolute atomic E-state index is 13.7. The van der Waals surface area contributed by atoms with Crippen LogP contribution in [0.4, 0.5) is 4.39 Å². The number of hydrogen-bond acceptors (Lipinski definition) is 5. The molecule has 1 aromatic carbocycles. The molecule has 1 aliphatic heterocycles. The van der Waals surface area contributed by atoms with Crippen LogP contribution < -0.4 is 10.6 Å². The van der Waals surface area contributed by atoms with Crippen molar-refractivity contribution < 1.29 is 23.5 Å². The lowest BCUT2D eigenvalue weighted by molar-refractivity contribution is -0.147. The van der Waals surface area contributed by atoms with Crippen molar-refractivity contribution in [3.63, 3.8) is 0 Å². The third-order valence-electron chi connectivity index (χ3n) is 4.05. The molecule has 27 heavy (non-hydrogen) atoms. The van der Waals surface area contributed by atoms with Crippen molar-refractivity contribution in [3.05, 3.63) is 35.6 Å². The summed E-state index contributed by atoms with van der Waals surface area (Å²) >= 11 is 5.22. The van der Waals surface area contributed by atoms with Gasteiger partial charge in [0.05, 0.1) is 18.6 Å². The van der Waals surface area contributed by atoms with Crippen LogP contribution in [0.2, 0.25) is 0 Å². The molecule has 2 amide bonds. The van der Waals surface area contributed by atoms with Gasteiger partial charge in [-0.05, 0) is 30.8 Å². The first-order chi connectivity index (χ1) is 12.9. The van der Waals surface area contributed by atoms with Crippen LogP contribution in [-0.4, -0.2) is 53.5 Å². The zero-order valence-electron chi connectivity index (χ0n) is 15.0. The third kappa shape index (κ3) is 5.72. The summed E-state index contributed by atoms with van der Waals surface area (Å²) in [6, 6.07) is 4.62. The Hall–Kier alpha value is -2.55. The molecule has 1 atom stereocenters. The Morgan fingerprint density at radius 1 is 1.41 bits per heavy atom. The van der Waals surface area contributed by atoms with Crippen LogP contribution in [0.15, 0.2) is 24.3 Å². The number of nitrogens with zero attached hydrogens (tertiary/aromatic N) is 1. The van der Waals surface area contributed by atoms with Crippen LogP contribution in [0, 0.1) is 5.82 Å². The van der Waals surface area contributed by atoms with E-state index in [4.69, 9.17) is 17.0 Å². The zero-order valence-corrected chi connectivity index (χ0v) is 15.8. The minimum absolute atomic E-state index is 0.0375. The smallest absolute Gasteiger partial charge is 0.308 e. The van der Waals surface area contributed by atoms with Gasteiger partial charge in [-0.25, -0.2) is 4.39 Å². The fourth-order valence-electron chi connectivity index (χ4n) is 2.59. The first-order valence-corrected chi connectivity index (χ1v) is 9.14. The molecule has 1 fully saturated rings. The summed E-state index contributed by atoms with van der Waals surface area (Å²) in [7, 11) is 0. The van der Waals surface area contributed by atoms with Crippen LogP contribution >= 0.6 is 12.2 Å². The van der Waals surface area contributed by atoms with E-state index in [9.17, 15) is 18.8 Å². The van der Waals surface area contributed by atoms with Gasteiger partial charge in [-0.2, -0.15) is 0 Å². The first kappa shape index (κ1) is 20.8. The van der Waals surface area contributed by atoms with E-state index in [1.54, 1.807) is 0 Å². The van der Waals surface area contributed by atoms with Crippen LogP contribution in [0.5, 0.6) is 0 Å². The lowest BCUT2D eigenvalue weighted by atomic mass is 10.1. The van der Waals surface area contributed by atoms with Gasteiger partial charge in [-0.1, -0.05) is 25.5 Å². The second-order valence-electron chi connectivity index (χ2n) is 6.02. The molecule has 1 saturated heterocycles. The number of nitrogens with one attached hydrogen (secondary N) is 2. The topological polar surface area (TPSA) is 87.7 Å². The highest BCUT2D eigenvalue weighted by atomic mass is 32.1. The SMILES string of the molecule is CCCCOC(=O)CC1C(=O)NCCN1C(=S)NC(=O)c1ccccc1F. The summed E-state index contributed by atoms with van der Waals surface area (Å²) in [5.74, 6) is -2.28. The molecular weight excluding hydrogens is 373 g/mol. The van der Waals surface area contributed by atoms with Gasteiger partial charge in [0.15, 0.2) is 5.11 Å². The summed E-state index contributed by atoms with van der Waals surface area (Å²) in [5, 5.41) is 5.05. The highest BCUT2D eigenvalue weighted by Crippen LogP contribution is 2.12. The minimum atomic E-state index is -0.888. The second-order valence-corrected chi connectivity index (χ2v) is 6.40. The minimum Gasteiger partial charge on any atom is -0.466 e. The van der Waals surface area contributed by atoms with Crippen molar-refractivity contribution >= 4 is 35.1 Å². The summed E-state index contributed by atoms with van der Waals surface area (Å²) in [6.45, 7) is 2.89. The Kier molecular flexibility index (Phi) is 7.66. The molecule has 0 spiro atoms. The number of amides is 2. The number of unbranched alkanes of at least 4 members (excludes halogenated alkanes) is 1. The molecule has 9 heteroatoms. The average molecular weight is 395 g/mol. The highest BCUT2D eigenvalue weighted by Gasteiger charge is 2.34. The Morgan fingerprint density at radius 3 is 2.85 bits per heavy atom. The van der Waals surface area contributed by atoms with Gasteiger partial charge in [0, 0.05) is 13.1 Å². The number of piperazine rings is 1. The number of thiocarbonyl (C=S) groups is 1. The fourth-order valence-corrected chi connectivity index (χ4v) is 2.90. The predicted molar refractivity (Wildman–Crippen MR) is 100 cm³/mol. The average Bonchev–Trinajstić information content (AvgIpc) is 2.63. The fraction of sp³-hybridized carbons (Fsp3) is 0.444. The standard InChI is InChI=1S/C18H22FN3O4S/c1-2-3-10-26-15(23)11-14-17(25)20-8-9-22(14)18(27)21-16(24)12-6-4-5-7-13(12)19/h4-7,14H,2-3,8-11H2,1H3,(H,20,25)(H,21,24,27). The van der Waals surface area contributed by atoms with E-state index in [-0.39, 0.29) is 29.6 Å². The van der Waals surface area contributed by atoms with E-state index < -0.39 is 23.7 Å². The normalized spacial score (nSPS) is 16.4. The van der Waals surface area contributed by atoms with Gasteiger partial charge in [0.1, 0.15) is 11.9 Å². The van der Waals surface area contributed by atoms with Gasteiger partial charge in [0.25, 0.3) is 5.91 Å². The van der Waals surface area contributed by atoms with E-state index in [0.29, 0.717) is 13.1 Å². The number of benzene rings is 1. The number of rotatable bonds is 6. The quantitative estimate of drug-likeness (QED) is 0.430. The van der Waals surface area contributed by atoms with Crippen molar-refractivity contribution in [1.82, 2.24) is 15.5 Å². The molecule has 1 unspecified atom stereocenters. The van der Waals surface area contributed by atoms with Crippen molar-refractivity contribution in [2.24, 2.45) is 0 Å². The lowest BCUT2D eigenvalue weighted by Crippen LogP contribution is -2.60. The van der Waals surface area contributed by atoms with E-state index in [2.05, 4.69) is 10.6 Å². The van der Waals surface area contributed by atoms with E-state index in [1.807, 2.05) is 6.92 Å². The molecule has 1 aromatic rings. The van der Waals surface area contributed by atoms with Gasteiger partial charge in [0.2, 0.25) is 5.91 Å². The maximum Gasteiger partial charge on any atom is 0.308 e. The molecule has 146 valence electrons. The van der Waals surface area contributed by atoms with Crippen molar-refractivity contribution in [2.75, 3.05) is 19.7 Å². The molecule has 2 rings (SSSR count). The van der Waals surface area contributed by atoms with Crippen molar-refractivity contribution in [1.29, 1.82) is 0 Å². The zero-order chi connectivity index (χ0) is 19.8. The molecular formula is C18H22FN3O4S.